The van der Waals surface area contributed by atoms with Gasteiger partial charge in [0.05, 0.1) is 5.52 Å². The van der Waals surface area contributed by atoms with Crippen LogP contribution < -0.4 is 11.2 Å². The molecule has 16 heavy (non-hydrogen) atoms. The first-order chi connectivity index (χ1) is 7.72. The molecule has 0 spiro atoms. The van der Waals surface area contributed by atoms with Gasteiger partial charge < -0.3 is 10.3 Å². The Bertz CT molecular complexity index is 562. The van der Waals surface area contributed by atoms with Crippen molar-refractivity contribution in [2.75, 3.05) is 6.54 Å². The van der Waals surface area contributed by atoms with E-state index in [0.717, 1.165) is 18.5 Å². The Labute approximate surface area is 92.3 Å². The molecule has 0 unspecified atom stereocenters. The number of aromatic nitrogens is 1. The Morgan fingerprint density at radius 3 is 2.88 bits per heavy atom. The summed E-state index contributed by atoms with van der Waals surface area (Å²) in [5.41, 5.74) is 6.04. The Balaban J connectivity index is 2.60. The van der Waals surface area contributed by atoms with Gasteiger partial charge >= 0.3 is 0 Å². The maximum absolute atomic E-state index is 13.0. The molecule has 0 amide bonds. The van der Waals surface area contributed by atoms with Gasteiger partial charge in [0.25, 0.3) is 0 Å². The van der Waals surface area contributed by atoms with Gasteiger partial charge in [0.1, 0.15) is 5.82 Å². The van der Waals surface area contributed by atoms with Gasteiger partial charge in [-0.2, -0.15) is 0 Å². The monoisotopic (exact) mass is 220 g/mol. The lowest BCUT2D eigenvalue weighted by Gasteiger charge is -2.09. The molecule has 0 aliphatic heterocycles. The van der Waals surface area contributed by atoms with Crippen LogP contribution in [0, 0.1) is 5.82 Å². The van der Waals surface area contributed by atoms with E-state index >= 15 is 0 Å². The lowest BCUT2D eigenvalue weighted by Crippen LogP contribution is -2.11. The summed E-state index contributed by atoms with van der Waals surface area (Å²) in [6.45, 7) is 1.33. The van der Waals surface area contributed by atoms with E-state index in [9.17, 15) is 9.18 Å². The summed E-state index contributed by atoms with van der Waals surface area (Å²) < 4.78 is 15.0. The summed E-state index contributed by atoms with van der Waals surface area (Å²) in [4.78, 5) is 11.6. The molecule has 0 saturated heterocycles. The first-order valence-corrected chi connectivity index (χ1v) is 5.21. The van der Waals surface area contributed by atoms with E-state index in [0.29, 0.717) is 11.9 Å². The molecule has 84 valence electrons. The lowest BCUT2D eigenvalue weighted by molar-refractivity contribution is 0.627. The fourth-order valence-corrected chi connectivity index (χ4v) is 1.74. The SMILES string of the molecule is NCCCn1ccc(=O)c2cc(F)ccc21. The molecule has 0 bridgehead atoms. The number of hydrogen-bond acceptors (Lipinski definition) is 2. The van der Waals surface area contributed by atoms with Gasteiger partial charge in [0.15, 0.2) is 5.43 Å². The van der Waals surface area contributed by atoms with Crippen LogP contribution in [0.1, 0.15) is 6.42 Å². The van der Waals surface area contributed by atoms with E-state index in [4.69, 9.17) is 5.73 Å². The largest absolute Gasteiger partial charge is 0.347 e. The summed E-state index contributed by atoms with van der Waals surface area (Å²) in [7, 11) is 0. The average Bonchev–Trinajstić information content (AvgIpc) is 2.29. The topological polar surface area (TPSA) is 48.0 Å². The smallest absolute Gasteiger partial charge is 0.189 e. The van der Waals surface area contributed by atoms with Crippen LogP contribution in [0.4, 0.5) is 4.39 Å². The Kier molecular flexibility index (Phi) is 3.01. The molecule has 0 aliphatic rings. The minimum atomic E-state index is -0.388. The molecule has 1 aromatic carbocycles. The molecular formula is C12H13FN2O. The van der Waals surface area contributed by atoms with E-state index in [1.807, 2.05) is 4.57 Å². The normalized spacial score (nSPS) is 10.9. The molecule has 0 radical (unpaired) electrons. The van der Waals surface area contributed by atoms with E-state index in [1.165, 1.54) is 18.2 Å². The summed E-state index contributed by atoms with van der Waals surface area (Å²) in [5.74, 6) is -0.388. The van der Waals surface area contributed by atoms with Crippen LogP contribution in [0.2, 0.25) is 0 Å². The summed E-state index contributed by atoms with van der Waals surface area (Å²) in [6.07, 6.45) is 2.55. The van der Waals surface area contributed by atoms with Crippen molar-refractivity contribution in [1.29, 1.82) is 0 Å². The first-order valence-electron chi connectivity index (χ1n) is 5.21. The van der Waals surface area contributed by atoms with E-state index in [2.05, 4.69) is 0 Å². The molecule has 0 atom stereocenters. The van der Waals surface area contributed by atoms with Crippen LogP contribution >= 0.6 is 0 Å². The van der Waals surface area contributed by atoms with Gasteiger partial charge in [-0.15, -0.1) is 0 Å². The number of nitrogens with zero attached hydrogens (tertiary/aromatic N) is 1. The number of rotatable bonds is 3. The molecule has 2 rings (SSSR count). The molecule has 1 aromatic heterocycles. The highest BCUT2D eigenvalue weighted by Gasteiger charge is 2.03. The summed E-state index contributed by atoms with van der Waals surface area (Å²) >= 11 is 0. The highest BCUT2D eigenvalue weighted by molar-refractivity contribution is 5.78. The van der Waals surface area contributed by atoms with Crippen molar-refractivity contribution < 1.29 is 4.39 Å². The zero-order valence-electron chi connectivity index (χ0n) is 8.82. The fraction of sp³-hybridized carbons (Fsp3) is 0.250. The first kappa shape index (κ1) is 10.8. The standard InChI is InChI=1S/C12H13FN2O/c13-9-2-3-11-10(8-9)12(16)4-7-15(11)6-1-5-14/h2-4,7-8H,1,5-6,14H2. The second-order valence-electron chi connectivity index (χ2n) is 3.68. The molecule has 4 heteroatoms. The molecule has 0 saturated carbocycles. The van der Waals surface area contributed by atoms with Gasteiger partial charge in [-0.1, -0.05) is 0 Å². The predicted octanol–water partition coefficient (Wildman–Crippen LogP) is 1.49. The van der Waals surface area contributed by atoms with Crippen LogP contribution in [-0.4, -0.2) is 11.1 Å². The number of pyridine rings is 1. The number of halogens is 1. The van der Waals surface area contributed by atoms with Crippen LogP contribution in [0.25, 0.3) is 10.9 Å². The molecule has 0 fully saturated rings. The molecule has 3 nitrogen and oxygen atoms in total. The minimum absolute atomic E-state index is 0.154. The van der Waals surface area contributed by atoms with Crippen molar-refractivity contribution in [2.24, 2.45) is 5.73 Å². The van der Waals surface area contributed by atoms with Crippen LogP contribution in [0.15, 0.2) is 35.3 Å². The minimum Gasteiger partial charge on any atom is -0.347 e. The molecular weight excluding hydrogens is 207 g/mol. The van der Waals surface area contributed by atoms with Crippen molar-refractivity contribution in [3.63, 3.8) is 0 Å². The maximum Gasteiger partial charge on any atom is 0.189 e. The van der Waals surface area contributed by atoms with Crippen molar-refractivity contribution >= 4 is 10.9 Å². The average molecular weight is 220 g/mol. The number of nitrogens with two attached hydrogens (primary N) is 1. The van der Waals surface area contributed by atoms with Crippen LogP contribution in [-0.2, 0) is 6.54 Å². The fourth-order valence-electron chi connectivity index (χ4n) is 1.74. The van der Waals surface area contributed by atoms with Gasteiger partial charge in [-0.25, -0.2) is 4.39 Å². The summed E-state index contributed by atoms with van der Waals surface area (Å²) in [5, 5.41) is 0.416. The molecule has 0 aliphatic carbocycles. The third-order valence-electron chi connectivity index (χ3n) is 2.54. The van der Waals surface area contributed by atoms with Gasteiger partial charge in [-0.05, 0) is 31.2 Å². The highest BCUT2D eigenvalue weighted by atomic mass is 19.1. The zero-order valence-corrected chi connectivity index (χ0v) is 8.82. The van der Waals surface area contributed by atoms with Gasteiger partial charge in [0, 0.05) is 24.2 Å². The number of benzene rings is 1. The van der Waals surface area contributed by atoms with Gasteiger partial charge in [0.2, 0.25) is 0 Å². The molecule has 1 heterocycles. The summed E-state index contributed by atoms with van der Waals surface area (Å²) in [6, 6.07) is 5.72. The van der Waals surface area contributed by atoms with E-state index in [-0.39, 0.29) is 11.2 Å². The van der Waals surface area contributed by atoms with E-state index in [1.54, 1.807) is 12.3 Å². The highest BCUT2D eigenvalue weighted by Crippen LogP contribution is 2.12. The number of hydrogen-bond donors (Lipinski definition) is 1. The third kappa shape index (κ3) is 1.97. The third-order valence-corrected chi connectivity index (χ3v) is 2.54. The van der Waals surface area contributed by atoms with Crippen molar-refractivity contribution in [3.05, 3.63) is 46.5 Å². The van der Waals surface area contributed by atoms with Crippen molar-refractivity contribution in [2.45, 2.75) is 13.0 Å². The van der Waals surface area contributed by atoms with Gasteiger partial charge in [-0.3, -0.25) is 4.79 Å². The quantitative estimate of drug-likeness (QED) is 0.851. The Morgan fingerprint density at radius 1 is 1.31 bits per heavy atom. The van der Waals surface area contributed by atoms with Crippen molar-refractivity contribution in [1.82, 2.24) is 4.57 Å². The van der Waals surface area contributed by atoms with Crippen LogP contribution in [0.3, 0.4) is 0 Å². The van der Waals surface area contributed by atoms with Crippen LogP contribution in [0.5, 0.6) is 0 Å². The number of aryl methyl sites for hydroxylation is 1. The molecule has 2 aromatic rings. The van der Waals surface area contributed by atoms with E-state index < -0.39 is 0 Å². The predicted molar refractivity (Wildman–Crippen MR) is 61.8 cm³/mol. The Hall–Kier alpha value is -1.68. The second kappa shape index (κ2) is 4.45. The maximum atomic E-state index is 13.0. The zero-order chi connectivity index (χ0) is 11.5. The Morgan fingerprint density at radius 2 is 2.12 bits per heavy atom. The lowest BCUT2D eigenvalue weighted by atomic mass is 10.2. The molecule has 2 N–H and O–H groups in total. The van der Waals surface area contributed by atoms with Crippen molar-refractivity contribution in [3.8, 4) is 0 Å². The number of fused-ring (bicyclic) bond motifs is 1. The second-order valence-corrected chi connectivity index (χ2v) is 3.68.